The van der Waals surface area contributed by atoms with Crippen molar-refractivity contribution in [1.82, 2.24) is 20.7 Å². The van der Waals surface area contributed by atoms with Crippen LogP contribution < -0.4 is 10.6 Å². The molecular formula is C29H33N5O7. The Kier molecular flexibility index (Phi) is 10.0. The van der Waals surface area contributed by atoms with Crippen molar-refractivity contribution >= 4 is 35.8 Å². The van der Waals surface area contributed by atoms with Gasteiger partial charge in [-0.25, -0.2) is 5.01 Å². The molecule has 12 nitrogen and oxygen atoms in total. The van der Waals surface area contributed by atoms with E-state index in [0.717, 1.165) is 10.6 Å². The third-order valence-electron chi connectivity index (χ3n) is 6.87. The van der Waals surface area contributed by atoms with E-state index < -0.39 is 48.2 Å². The molecule has 41 heavy (non-hydrogen) atoms. The van der Waals surface area contributed by atoms with Crippen LogP contribution in [-0.2, 0) is 30.4 Å². The summed E-state index contributed by atoms with van der Waals surface area (Å²) < 4.78 is 0. The van der Waals surface area contributed by atoms with Crippen LogP contribution in [0, 0.1) is 0 Å². The average Bonchev–Trinajstić information content (AvgIpc) is 3.09. The van der Waals surface area contributed by atoms with Gasteiger partial charge in [0.05, 0.1) is 18.7 Å². The molecule has 216 valence electrons. The smallest absolute Gasteiger partial charge is 0.305 e. The Bertz CT molecular complexity index is 1270. The first-order valence-corrected chi connectivity index (χ1v) is 13.5. The number of fused-ring (bicyclic) bond motifs is 1. The number of hydrazine groups is 1. The number of benzene rings is 2. The van der Waals surface area contributed by atoms with Crippen molar-refractivity contribution in [2.24, 2.45) is 5.16 Å². The molecule has 3 unspecified atom stereocenters. The lowest BCUT2D eigenvalue weighted by atomic mass is 10.0. The van der Waals surface area contributed by atoms with Crippen LogP contribution in [-0.4, -0.2) is 82.2 Å². The number of carboxylic acids is 1. The summed E-state index contributed by atoms with van der Waals surface area (Å²) in [7, 11) is 0. The number of rotatable bonds is 11. The van der Waals surface area contributed by atoms with Gasteiger partial charge < -0.3 is 20.6 Å². The summed E-state index contributed by atoms with van der Waals surface area (Å²) >= 11 is 0. The van der Waals surface area contributed by atoms with E-state index in [4.69, 9.17) is 4.84 Å². The predicted octanol–water partition coefficient (Wildman–Crippen LogP) is 1.52. The predicted molar refractivity (Wildman–Crippen MR) is 147 cm³/mol. The van der Waals surface area contributed by atoms with Crippen LogP contribution in [0.4, 0.5) is 0 Å². The largest absolute Gasteiger partial charge is 0.481 e. The number of carbonyl (C=O) groups is 5. The van der Waals surface area contributed by atoms with Gasteiger partial charge in [0.25, 0.3) is 11.8 Å². The molecule has 2 aromatic rings. The van der Waals surface area contributed by atoms with Gasteiger partial charge in [0.1, 0.15) is 18.7 Å². The number of carboxylic acid groups (broad SMARTS) is 1. The summed E-state index contributed by atoms with van der Waals surface area (Å²) in [5.74, 6) is -3.17. The summed E-state index contributed by atoms with van der Waals surface area (Å²) in [6, 6.07) is 14.9. The molecule has 0 bridgehead atoms. The number of nitrogens with zero attached hydrogens (tertiary/aromatic N) is 3. The van der Waals surface area contributed by atoms with Crippen molar-refractivity contribution in [2.75, 3.05) is 13.2 Å². The van der Waals surface area contributed by atoms with Gasteiger partial charge in [-0.1, -0.05) is 53.7 Å². The molecule has 3 atom stereocenters. The molecule has 12 heteroatoms. The highest BCUT2D eigenvalue weighted by molar-refractivity contribution is 6.00. The number of hydrogen-bond donors (Lipinski definition) is 3. The minimum Gasteiger partial charge on any atom is -0.481 e. The van der Waals surface area contributed by atoms with Crippen LogP contribution in [0.5, 0.6) is 0 Å². The lowest BCUT2D eigenvalue weighted by Gasteiger charge is -2.43. The van der Waals surface area contributed by atoms with Gasteiger partial charge in [0, 0.05) is 24.9 Å². The number of aliphatic carboxylic acids is 1. The molecule has 2 aliphatic heterocycles. The van der Waals surface area contributed by atoms with E-state index in [-0.39, 0.29) is 38.3 Å². The minimum absolute atomic E-state index is 0.0188. The second-order valence-corrected chi connectivity index (χ2v) is 9.82. The summed E-state index contributed by atoms with van der Waals surface area (Å²) in [6.07, 6.45) is 2.17. The van der Waals surface area contributed by atoms with Crippen molar-refractivity contribution in [3.05, 3.63) is 71.8 Å². The zero-order chi connectivity index (χ0) is 29.2. The Hall–Kier alpha value is -4.74. The van der Waals surface area contributed by atoms with E-state index in [1.54, 1.807) is 30.3 Å². The molecule has 3 N–H and O–H groups in total. The van der Waals surface area contributed by atoms with Crippen molar-refractivity contribution < 1.29 is 33.9 Å². The van der Waals surface area contributed by atoms with Crippen LogP contribution in [0.15, 0.2) is 65.8 Å². The molecule has 2 fully saturated rings. The molecule has 4 rings (SSSR count). The number of oxime groups is 1. The summed E-state index contributed by atoms with van der Waals surface area (Å²) in [5.41, 5.74) is 1.41. The lowest BCUT2D eigenvalue weighted by Crippen LogP contribution is -2.64. The van der Waals surface area contributed by atoms with Gasteiger partial charge >= 0.3 is 5.97 Å². The highest BCUT2D eigenvalue weighted by Gasteiger charge is 2.44. The first-order chi connectivity index (χ1) is 19.8. The fourth-order valence-corrected chi connectivity index (χ4v) is 4.82. The Morgan fingerprint density at radius 3 is 2.46 bits per heavy atom. The van der Waals surface area contributed by atoms with E-state index in [0.29, 0.717) is 18.4 Å². The van der Waals surface area contributed by atoms with E-state index in [1.165, 1.54) is 11.2 Å². The first kappa shape index (κ1) is 29.2. The SMILES string of the molecule is O=C(O)CC(C=NOCCc1ccccc1)NC(=O)C1CCCN2C(=O)CCC(NC(=O)c3ccccc3)C(=O)N12. The lowest BCUT2D eigenvalue weighted by molar-refractivity contribution is -0.176. The highest BCUT2D eigenvalue weighted by Crippen LogP contribution is 2.25. The van der Waals surface area contributed by atoms with Gasteiger partial charge in [-0.3, -0.25) is 29.0 Å². The van der Waals surface area contributed by atoms with Gasteiger partial charge in [-0.05, 0) is 37.0 Å². The van der Waals surface area contributed by atoms with Gasteiger partial charge in [0.2, 0.25) is 11.8 Å². The van der Waals surface area contributed by atoms with Crippen LogP contribution in [0.25, 0.3) is 0 Å². The normalized spacial score (nSPS) is 19.7. The van der Waals surface area contributed by atoms with Crippen molar-refractivity contribution in [1.29, 1.82) is 0 Å². The third-order valence-corrected chi connectivity index (χ3v) is 6.87. The van der Waals surface area contributed by atoms with E-state index in [2.05, 4.69) is 15.8 Å². The molecule has 4 amide bonds. The number of amides is 4. The van der Waals surface area contributed by atoms with Crippen LogP contribution in [0.1, 0.15) is 48.0 Å². The van der Waals surface area contributed by atoms with E-state index in [9.17, 15) is 29.1 Å². The van der Waals surface area contributed by atoms with Gasteiger partial charge in [0.15, 0.2) is 0 Å². The standard InChI is InChI=1S/C29H33N5O7/c35-25-14-13-23(32-27(38)21-10-5-2-6-11-21)29(40)34-24(12-7-16-33(25)34)28(39)31-22(18-26(36)37)19-30-41-17-15-20-8-3-1-4-9-20/h1-6,8-11,19,22-24H,7,12-18H2,(H,31,39)(H,32,38)(H,36,37). The zero-order valence-electron chi connectivity index (χ0n) is 22.5. The summed E-state index contributed by atoms with van der Waals surface area (Å²) in [4.78, 5) is 69.4. The zero-order valence-corrected chi connectivity index (χ0v) is 22.5. The summed E-state index contributed by atoms with van der Waals surface area (Å²) in [5, 5.41) is 20.9. The molecular weight excluding hydrogens is 530 g/mol. The Balaban J connectivity index is 1.43. The van der Waals surface area contributed by atoms with Gasteiger partial charge in [-0.15, -0.1) is 0 Å². The second-order valence-electron chi connectivity index (χ2n) is 9.82. The maximum absolute atomic E-state index is 13.6. The van der Waals surface area contributed by atoms with Crippen molar-refractivity contribution in [2.45, 2.75) is 56.7 Å². The average molecular weight is 564 g/mol. The molecule has 0 aromatic heterocycles. The van der Waals surface area contributed by atoms with Crippen LogP contribution in [0.3, 0.4) is 0 Å². The molecule has 0 radical (unpaired) electrons. The van der Waals surface area contributed by atoms with Crippen LogP contribution >= 0.6 is 0 Å². The fraction of sp³-hybridized carbons (Fsp3) is 0.379. The number of carbonyl (C=O) groups excluding carboxylic acids is 4. The van der Waals surface area contributed by atoms with E-state index >= 15 is 0 Å². The molecule has 0 saturated carbocycles. The molecule has 2 heterocycles. The maximum atomic E-state index is 13.6. The molecule has 2 aromatic carbocycles. The Morgan fingerprint density at radius 2 is 1.76 bits per heavy atom. The van der Waals surface area contributed by atoms with Crippen LogP contribution in [0.2, 0.25) is 0 Å². The van der Waals surface area contributed by atoms with Crippen molar-refractivity contribution in [3.63, 3.8) is 0 Å². The third kappa shape index (κ3) is 7.90. The topological polar surface area (TPSA) is 158 Å². The Labute approximate surface area is 237 Å². The number of hydrogen-bond acceptors (Lipinski definition) is 7. The highest BCUT2D eigenvalue weighted by atomic mass is 16.6. The molecule has 2 saturated heterocycles. The summed E-state index contributed by atoms with van der Waals surface area (Å²) in [6.45, 7) is 0.509. The first-order valence-electron chi connectivity index (χ1n) is 13.5. The van der Waals surface area contributed by atoms with E-state index in [1.807, 2.05) is 30.3 Å². The molecule has 0 aliphatic carbocycles. The van der Waals surface area contributed by atoms with Gasteiger partial charge in [-0.2, -0.15) is 0 Å². The van der Waals surface area contributed by atoms with Crippen molar-refractivity contribution in [3.8, 4) is 0 Å². The quantitative estimate of drug-likeness (QED) is 0.212. The Morgan fingerprint density at radius 1 is 1.05 bits per heavy atom. The molecule has 0 spiro atoms. The molecule has 2 aliphatic rings. The fourth-order valence-electron chi connectivity index (χ4n) is 4.82. The minimum atomic E-state index is -1.17. The monoisotopic (exact) mass is 563 g/mol. The number of nitrogens with one attached hydrogen (secondary N) is 2. The maximum Gasteiger partial charge on any atom is 0.305 e. The second kappa shape index (κ2) is 14.1.